The van der Waals surface area contributed by atoms with Crippen LogP contribution in [0.4, 0.5) is 5.69 Å². The molecule has 0 bridgehead atoms. The van der Waals surface area contributed by atoms with E-state index in [1.165, 1.54) is 4.90 Å². The van der Waals surface area contributed by atoms with Gasteiger partial charge in [0.05, 0.1) is 16.8 Å². The fourth-order valence-electron chi connectivity index (χ4n) is 3.34. The Morgan fingerprint density at radius 1 is 0.935 bits per heavy atom. The van der Waals surface area contributed by atoms with Crippen LogP contribution in [0.25, 0.3) is 22.2 Å². The lowest BCUT2D eigenvalue weighted by Crippen LogP contribution is -2.37. The molecule has 31 heavy (non-hydrogen) atoms. The Labute approximate surface area is 180 Å². The van der Waals surface area contributed by atoms with Gasteiger partial charge >= 0.3 is 5.97 Å². The largest absolute Gasteiger partial charge is 0.449 e. The second-order valence-corrected chi connectivity index (χ2v) is 7.09. The monoisotopic (exact) mass is 411 g/mol. The highest BCUT2D eigenvalue weighted by Crippen LogP contribution is 2.25. The van der Waals surface area contributed by atoms with Crippen molar-refractivity contribution in [1.82, 2.24) is 9.97 Å². The van der Waals surface area contributed by atoms with Gasteiger partial charge in [0.2, 0.25) is 0 Å². The highest BCUT2D eigenvalue weighted by molar-refractivity contribution is 6.06. The molecule has 2 aromatic heterocycles. The molecular weight excluding hydrogens is 390 g/mol. The average Bonchev–Trinajstić information content (AvgIpc) is 2.83. The Bertz CT molecular complexity index is 1230. The van der Waals surface area contributed by atoms with Crippen LogP contribution in [0.3, 0.4) is 0 Å². The van der Waals surface area contributed by atoms with Gasteiger partial charge in [-0.25, -0.2) is 9.78 Å². The first kappa shape index (κ1) is 20.2. The van der Waals surface area contributed by atoms with E-state index in [2.05, 4.69) is 9.97 Å². The number of benzene rings is 2. The zero-order chi connectivity index (χ0) is 21.8. The number of para-hydroxylation sites is 2. The van der Waals surface area contributed by atoms with Crippen LogP contribution < -0.4 is 4.90 Å². The number of carbonyl (C=O) groups excluding carboxylic acids is 2. The van der Waals surface area contributed by atoms with Gasteiger partial charge in [-0.15, -0.1) is 0 Å². The molecule has 2 heterocycles. The van der Waals surface area contributed by atoms with Crippen LogP contribution in [0.1, 0.15) is 17.3 Å². The fourth-order valence-corrected chi connectivity index (χ4v) is 3.34. The highest BCUT2D eigenvalue weighted by atomic mass is 16.5. The lowest BCUT2D eigenvalue weighted by atomic mass is 10.0. The number of hydrogen-bond acceptors (Lipinski definition) is 5. The summed E-state index contributed by atoms with van der Waals surface area (Å²) in [7, 11) is 1.66. The molecule has 0 aliphatic rings. The summed E-state index contributed by atoms with van der Waals surface area (Å²) < 4.78 is 5.57. The summed E-state index contributed by atoms with van der Waals surface area (Å²) >= 11 is 0. The van der Waals surface area contributed by atoms with Crippen molar-refractivity contribution in [2.75, 3.05) is 11.9 Å². The van der Waals surface area contributed by atoms with Gasteiger partial charge in [0, 0.05) is 36.1 Å². The van der Waals surface area contributed by atoms with Gasteiger partial charge in [-0.2, -0.15) is 0 Å². The number of esters is 1. The summed E-state index contributed by atoms with van der Waals surface area (Å²) in [6, 6.07) is 21.9. The predicted octanol–water partition coefficient (Wildman–Crippen LogP) is 4.51. The summed E-state index contributed by atoms with van der Waals surface area (Å²) in [6.45, 7) is 1.58. The number of likely N-dealkylation sites (N-methyl/N-ethyl adjacent to an activating group) is 1. The van der Waals surface area contributed by atoms with Crippen molar-refractivity contribution >= 4 is 28.5 Å². The van der Waals surface area contributed by atoms with E-state index in [-0.39, 0.29) is 5.91 Å². The normalized spacial score (nSPS) is 11.7. The Morgan fingerprint density at radius 3 is 2.35 bits per heavy atom. The first-order valence-electron chi connectivity index (χ1n) is 9.88. The van der Waals surface area contributed by atoms with E-state index >= 15 is 0 Å². The van der Waals surface area contributed by atoms with Gasteiger partial charge in [0.25, 0.3) is 5.91 Å². The average molecular weight is 411 g/mol. The van der Waals surface area contributed by atoms with Crippen LogP contribution in [-0.2, 0) is 9.53 Å². The van der Waals surface area contributed by atoms with Crippen molar-refractivity contribution in [3.63, 3.8) is 0 Å². The molecule has 6 nitrogen and oxygen atoms in total. The Hall–Kier alpha value is -4.06. The number of aromatic nitrogens is 2. The third kappa shape index (κ3) is 4.28. The van der Waals surface area contributed by atoms with Crippen LogP contribution in [0.2, 0.25) is 0 Å². The van der Waals surface area contributed by atoms with E-state index < -0.39 is 12.1 Å². The van der Waals surface area contributed by atoms with Crippen molar-refractivity contribution < 1.29 is 14.3 Å². The van der Waals surface area contributed by atoms with E-state index in [1.807, 2.05) is 66.7 Å². The van der Waals surface area contributed by atoms with Gasteiger partial charge in [0.1, 0.15) is 0 Å². The maximum atomic E-state index is 13.1. The molecule has 0 saturated heterocycles. The lowest BCUT2D eigenvalue weighted by molar-refractivity contribution is -0.126. The van der Waals surface area contributed by atoms with Crippen LogP contribution in [0, 0.1) is 0 Å². The number of nitrogens with zero attached hydrogens (tertiary/aromatic N) is 3. The molecule has 0 aliphatic carbocycles. The molecule has 4 rings (SSSR count). The topological polar surface area (TPSA) is 72.4 Å². The molecule has 0 N–H and O–H groups in total. The Morgan fingerprint density at radius 2 is 1.61 bits per heavy atom. The molecule has 1 amide bonds. The van der Waals surface area contributed by atoms with Gasteiger partial charge in [0.15, 0.2) is 6.10 Å². The fraction of sp³-hybridized carbons (Fsp3) is 0.120. The number of ether oxygens (including phenoxy) is 1. The van der Waals surface area contributed by atoms with E-state index in [0.717, 1.165) is 11.3 Å². The summed E-state index contributed by atoms with van der Waals surface area (Å²) in [5.74, 6) is -0.886. The molecule has 1 atom stereocenters. The zero-order valence-corrected chi connectivity index (χ0v) is 17.2. The minimum Gasteiger partial charge on any atom is -0.449 e. The van der Waals surface area contributed by atoms with Crippen molar-refractivity contribution in [2.24, 2.45) is 0 Å². The SMILES string of the molecule is CC(OC(=O)c1cc(-c2ccncc2)nc2ccccc12)C(=O)N(C)c1ccccc1. The van der Waals surface area contributed by atoms with Gasteiger partial charge < -0.3 is 9.64 Å². The second-order valence-electron chi connectivity index (χ2n) is 7.09. The van der Waals surface area contributed by atoms with Crippen molar-refractivity contribution in [3.8, 4) is 11.3 Å². The molecule has 6 heteroatoms. The standard InChI is InChI=1S/C25H21N3O3/c1-17(24(29)28(2)19-8-4-3-5-9-19)31-25(30)21-16-23(18-12-14-26-15-13-18)27-22-11-7-6-10-20(21)22/h3-17H,1-2H3. The van der Waals surface area contributed by atoms with Gasteiger partial charge in [-0.3, -0.25) is 9.78 Å². The first-order chi connectivity index (χ1) is 15.0. The molecule has 0 spiro atoms. The number of amides is 1. The van der Waals surface area contributed by atoms with E-state index in [9.17, 15) is 9.59 Å². The molecule has 4 aromatic rings. The van der Waals surface area contributed by atoms with Crippen LogP contribution in [0.15, 0.2) is 85.2 Å². The first-order valence-corrected chi connectivity index (χ1v) is 9.88. The van der Waals surface area contributed by atoms with Gasteiger partial charge in [-0.1, -0.05) is 36.4 Å². The van der Waals surface area contributed by atoms with E-state index in [1.54, 1.807) is 32.4 Å². The van der Waals surface area contributed by atoms with E-state index in [0.29, 0.717) is 22.2 Å². The number of pyridine rings is 2. The third-order valence-electron chi connectivity index (χ3n) is 5.02. The van der Waals surface area contributed by atoms with Crippen LogP contribution in [-0.4, -0.2) is 35.0 Å². The van der Waals surface area contributed by atoms with Crippen LogP contribution >= 0.6 is 0 Å². The minimum atomic E-state index is -0.950. The predicted molar refractivity (Wildman–Crippen MR) is 120 cm³/mol. The molecular formula is C25H21N3O3. The van der Waals surface area contributed by atoms with Crippen molar-refractivity contribution in [3.05, 3.63) is 90.8 Å². The Kier molecular flexibility index (Phi) is 5.71. The minimum absolute atomic E-state index is 0.313. The number of hydrogen-bond donors (Lipinski definition) is 0. The van der Waals surface area contributed by atoms with E-state index in [4.69, 9.17) is 4.74 Å². The van der Waals surface area contributed by atoms with Crippen LogP contribution in [0.5, 0.6) is 0 Å². The third-order valence-corrected chi connectivity index (χ3v) is 5.02. The van der Waals surface area contributed by atoms with Gasteiger partial charge in [-0.05, 0) is 43.3 Å². The second kappa shape index (κ2) is 8.75. The Balaban J connectivity index is 1.63. The summed E-state index contributed by atoms with van der Waals surface area (Å²) in [5, 5.41) is 0.668. The molecule has 0 fully saturated rings. The zero-order valence-electron chi connectivity index (χ0n) is 17.2. The quantitative estimate of drug-likeness (QED) is 0.452. The van der Waals surface area contributed by atoms with Crippen molar-refractivity contribution in [1.29, 1.82) is 0 Å². The highest BCUT2D eigenvalue weighted by Gasteiger charge is 2.24. The molecule has 0 aliphatic heterocycles. The summed E-state index contributed by atoms with van der Waals surface area (Å²) in [6.07, 6.45) is 2.39. The molecule has 2 aromatic carbocycles. The molecule has 0 saturated carbocycles. The number of fused-ring (bicyclic) bond motifs is 1. The van der Waals surface area contributed by atoms with Crippen molar-refractivity contribution in [2.45, 2.75) is 13.0 Å². The summed E-state index contributed by atoms with van der Waals surface area (Å²) in [4.78, 5) is 36.0. The molecule has 1 unspecified atom stereocenters. The smallest absolute Gasteiger partial charge is 0.339 e. The molecule has 154 valence electrons. The maximum absolute atomic E-state index is 13.1. The number of anilines is 1. The maximum Gasteiger partial charge on any atom is 0.339 e. The summed E-state index contributed by atoms with van der Waals surface area (Å²) in [5.41, 5.74) is 3.23. The lowest BCUT2D eigenvalue weighted by Gasteiger charge is -2.22. The molecule has 0 radical (unpaired) electrons. The number of carbonyl (C=O) groups is 2. The number of rotatable bonds is 5.